The number of phenols is 1. The molecule has 0 aliphatic heterocycles. The topological polar surface area (TPSA) is 113 Å². The Hall–Kier alpha value is -2.42. The van der Waals surface area contributed by atoms with E-state index in [0.29, 0.717) is 18.8 Å². The van der Waals surface area contributed by atoms with Crippen LogP contribution in [0.2, 0.25) is 0 Å². The Morgan fingerprint density at radius 2 is 1.89 bits per heavy atom. The van der Waals surface area contributed by atoms with E-state index >= 15 is 0 Å². The van der Waals surface area contributed by atoms with Crippen LogP contribution in [0.25, 0.3) is 0 Å². The number of hydrogen-bond donors (Lipinski definition) is 3. The van der Waals surface area contributed by atoms with Crippen molar-refractivity contribution >= 4 is 21.6 Å². The third kappa shape index (κ3) is 5.79. The Balaban J connectivity index is 2.17. The second kappa shape index (κ2) is 9.18. The molecule has 0 heterocycles. The molecule has 0 atom stereocenters. The molecular formula is C20H27N3O4S. The van der Waals surface area contributed by atoms with Crippen LogP contribution in [0.5, 0.6) is 5.75 Å². The van der Waals surface area contributed by atoms with Gasteiger partial charge in [-0.25, -0.2) is 13.6 Å². The van der Waals surface area contributed by atoms with Crippen LogP contribution in [0.1, 0.15) is 30.0 Å². The number of rotatable bonds is 8. The molecule has 28 heavy (non-hydrogen) atoms. The van der Waals surface area contributed by atoms with Gasteiger partial charge in [-0.1, -0.05) is 25.1 Å². The second-order valence-corrected chi connectivity index (χ2v) is 8.41. The zero-order valence-corrected chi connectivity index (χ0v) is 17.2. The van der Waals surface area contributed by atoms with Gasteiger partial charge in [-0.2, -0.15) is 0 Å². The second-order valence-electron chi connectivity index (χ2n) is 6.85. The Labute approximate surface area is 166 Å². The number of carbonyl (C=O) groups is 1. The van der Waals surface area contributed by atoms with Crippen LogP contribution in [0.15, 0.2) is 41.3 Å². The molecule has 0 saturated carbocycles. The molecule has 152 valence electrons. The zero-order chi connectivity index (χ0) is 20.9. The summed E-state index contributed by atoms with van der Waals surface area (Å²) in [6.07, 6.45) is 0.847. The highest BCUT2D eigenvalue weighted by Crippen LogP contribution is 2.24. The average molecular weight is 406 g/mol. The highest BCUT2D eigenvalue weighted by Gasteiger charge is 2.16. The molecule has 0 aliphatic rings. The molecule has 0 radical (unpaired) electrons. The number of primary sulfonamides is 1. The van der Waals surface area contributed by atoms with E-state index in [2.05, 4.69) is 5.32 Å². The van der Waals surface area contributed by atoms with Crippen molar-refractivity contribution in [3.8, 4) is 5.75 Å². The molecule has 0 unspecified atom stereocenters. The normalized spacial score (nSPS) is 11.6. The van der Waals surface area contributed by atoms with Crippen molar-refractivity contribution in [3.63, 3.8) is 0 Å². The van der Waals surface area contributed by atoms with Crippen molar-refractivity contribution in [2.24, 2.45) is 5.14 Å². The highest BCUT2D eigenvalue weighted by atomic mass is 32.2. The minimum atomic E-state index is -3.87. The Morgan fingerprint density at radius 3 is 2.50 bits per heavy atom. The number of aromatic hydroxyl groups is 1. The molecule has 4 N–H and O–H groups in total. The Morgan fingerprint density at radius 1 is 1.21 bits per heavy atom. The zero-order valence-electron chi connectivity index (χ0n) is 16.4. The summed E-state index contributed by atoms with van der Waals surface area (Å²) in [5.41, 5.74) is 2.67. The fraction of sp³-hybridized carbons (Fsp3) is 0.350. The molecule has 7 nitrogen and oxygen atoms in total. The number of benzene rings is 2. The maximum atomic E-state index is 12.6. The maximum Gasteiger partial charge on any atom is 0.238 e. The summed E-state index contributed by atoms with van der Waals surface area (Å²) in [6.45, 7) is 6.81. The third-order valence-electron chi connectivity index (χ3n) is 4.54. The summed E-state index contributed by atoms with van der Waals surface area (Å²) >= 11 is 0. The number of nitrogens with zero attached hydrogens (tertiary/aromatic N) is 1. The number of anilines is 1. The quantitative estimate of drug-likeness (QED) is 0.625. The van der Waals surface area contributed by atoms with Gasteiger partial charge in [0, 0.05) is 17.8 Å². The van der Waals surface area contributed by atoms with Gasteiger partial charge in [0.25, 0.3) is 0 Å². The van der Waals surface area contributed by atoms with Crippen LogP contribution in [0, 0.1) is 13.8 Å². The van der Waals surface area contributed by atoms with E-state index in [1.165, 1.54) is 12.1 Å². The molecule has 0 aromatic heterocycles. The molecule has 0 fully saturated rings. The monoisotopic (exact) mass is 405 g/mol. The first kappa shape index (κ1) is 21.9. The van der Waals surface area contributed by atoms with Gasteiger partial charge in [-0.15, -0.1) is 0 Å². The first-order chi connectivity index (χ1) is 13.1. The van der Waals surface area contributed by atoms with Gasteiger partial charge in [0.15, 0.2) is 0 Å². The largest absolute Gasteiger partial charge is 0.508 e. The predicted octanol–water partition coefficient (Wildman–Crippen LogP) is 2.51. The lowest BCUT2D eigenvalue weighted by molar-refractivity contribution is -0.117. The number of para-hydroxylation sites is 1. The van der Waals surface area contributed by atoms with Gasteiger partial charge in [0.2, 0.25) is 15.9 Å². The smallest absolute Gasteiger partial charge is 0.238 e. The summed E-state index contributed by atoms with van der Waals surface area (Å²) in [4.78, 5) is 14.5. The summed E-state index contributed by atoms with van der Waals surface area (Å²) < 4.78 is 23.3. The molecule has 2 aromatic carbocycles. The number of amides is 1. The Kier molecular flexibility index (Phi) is 7.17. The van der Waals surface area contributed by atoms with Crippen LogP contribution in [0.4, 0.5) is 5.69 Å². The molecule has 1 amide bonds. The molecule has 0 bridgehead atoms. The Bertz CT molecular complexity index is 958. The number of nitrogens with two attached hydrogens (primary N) is 1. The van der Waals surface area contributed by atoms with Crippen molar-refractivity contribution in [2.75, 3.05) is 18.4 Å². The van der Waals surface area contributed by atoms with Crippen molar-refractivity contribution in [1.29, 1.82) is 0 Å². The lowest BCUT2D eigenvalue weighted by atomic mass is 10.1. The molecular weight excluding hydrogens is 378 g/mol. The number of hydrogen-bond acceptors (Lipinski definition) is 5. The first-order valence-electron chi connectivity index (χ1n) is 9.05. The molecule has 2 aromatic rings. The number of phenolic OH excluding ortho intramolecular Hbond substituents is 1. The van der Waals surface area contributed by atoms with Crippen LogP contribution >= 0.6 is 0 Å². The fourth-order valence-electron chi connectivity index (χ4n) is 2.93. The molecule has 8 heteroatoms. The molecule has 0 aliphatic carbocycles. The van der Waals surface area contributed by atoms with Crippen molar-refractivity contribution < 1.29 is 18.3 Å². The fourth-order valence-corrected chi connectivity index (χ4v) is 3.55. The minimum absolute atomic E-state index is 0.0366. The molecule has 2 rings (SSSR count). The lowest BCUT2D eigenvalue weighted by Gasteiger charge is -2.22. The van der Waals surface area contributed by atoms with Crippen LogP contribution < -0.4 is 10.5 Å². The minimum Gasteiger partial charge on any atom is -0.508 e. The van der Waals surface area contributed by atoms with Gasteiger partial charge in [0.1, 0.15) is 5.75 Å². The summed E-state index contributed by atoms with van der Waals surface area (Å²) in [5.74, 6) is -0.0747. The van der Waals surface area contributed by atoms with E-state index in [4.69, 9.17) is 5.14 Å². The first-order valence-corrected chi connectivity index (χ1v) is 10.6. The number of carbonyl (C=O) groups excluding carboxylic acids is 1. The van der Waals surface area contributed by atoms with Gasteiger partial charge >= 0.3 is 0 Å². The van der Waals surface area contributed by atoms with Crippen molar-refractivity contribution in [1.82, 2.24) is 4.90 Å². The highest BCUT2D eigenvalue weighted by molar-refractivity contribution is 7.89. The number of sulfonamides is 1. The van der Waals surface area contributed by atoms with Gasteiger partial charge in [-0.05, 0) is 56.1 Å². The van der Waals surface area contributed by atoms with Crippen LogP contribution in [-0.2, 0) is 21.4 Å². The van der Waals surface area contributed by atoms with E-state index in [1.807, 2.05) is 30.9 Å². The van der Waals surface area contributed by atoms with E-state index in [9.17, 15) is 18.3 Å². The summed E-state index contributed by atoms with van der Waals surface area (Å²) in [6, 6.07) is 9.89. The van der Waals surface area contributed by atoms with Crippen LogP contribution in [0.3, 0.4) is 0 Å². The average Bonchev–Trinajstić information content (AvgIpc) is 2.60. The summed E-state index contributed by atoms with van der Waals surface area (Å²) in [7, 11) is -3.87. The van der Waals surface area contributed by atoms with Gasteiger partial charge in [0.05, 0.1) is 11.4 Å². The van der Waals surface area contributed by atoms with Crippen LogP contribution in [-0.4, -0.2) is 37.4 Å². The van der Waals surface area contributed by atoms with Crippen molar-refractivity contribution in [3.05, 3.63) is 53.1 Å². The number of aryl methyl sites for hydroxylation is 1. The maximum absolute atomic E-state index is 12.6. The molecule has 0 spiro atoms. The number of nitrogens with one attached hydrogen (secondary N) is 1. The van der Waals surface area contributed by atoms with E-state index in [1.54, 1.807) is 19.1 Å². The standard InChI is InChI=1S/C20H27N3O4S/c1-4-9-23(12-16-7-5-6-8-19(16)24)13-20(25)22-18-11-17(28(21,26)27)10-14(2)15(18)3/h5-8,10-11,24H,4,9,12-13H2,1-3H3,(H,22,25)(H2,21,26,27). The van der Waals surface area contributed by atoms with E-state index in [0.717, 1.165) is 23.1 Å². The third-order valence-corrected chi connectivity index (χ3v) is 5.43. The SMILES string of the molecule is CCCN(CC(=O)Nc1cc(S(N)(=O)=O)cc(C)c1C)Cc1ccccc1O. The summed E-state index contributed by atoms with van der Waals surface area (Å²) in [5, 5.41) is 18.0. The van der Waals surface area contributed by atoms with Gasteiger partial charge < -0.3 is 10.4 Å². The predicted molar refractivity (Wildman–Crippen MR) is 110 cm³/mol. The van der Waals surface area contributed by atoms with E-state index in [-0.39, 0.29) is 23.1 Å². The van der Waals surface area contributed by atoms with Crippen molar-refractivity contribution in [2.45, 2.75) is 38.6 Å². The van der Waals surface area contributed by atoms with E-state index < -0.39 is 10.0 Å². The lowest BCUT2D eigenvalue weighted by Crippen LogP contribution is -2.33. The molecule has 0 saturated heterocycles. The van der Waals surface area contributed by atoms with Gasteiger partial charge in [-0.3, -0.25) is 9.69 Å².